The first-order valence-corrected chi connectivity index (χ1v) is 8.24. The summed E-state index contributed by atoms with van der Waals surface area (Å²) in [5, 5.41) is 11.6. The smallest absolute Gasteiger partial charge is 0.307 e. The first-order chi connectivity index (χ1) is 11.9. The third-order valence-corrected chi connectivity index (χ3v) is 3.46. The fourth-order valence-corrected chi connectivity index (χ4v) is 2.24. The number of carbonyl (C=O) groups excluding carboxylic acids is 1. The Bertz CT molecular complexity index is 705. The van der Waals surface area contributed by atoms with E-state index in [0.717, 1.165) is 11.3 Å². The van der Waals surface area contributed by atoms with E-state index >= 15 is 0 Å². The minimum Gasteiger partial charge on any atom is -0.493 e. The molecule has 5 nitrogen and oxygen atoms in total. The molecule has 2 N–H and O–H groups in total. The van der Waals surface area contributed by atoms with Gasteiger partial charge in [0, 0.05) is 5.69 Å². The second-order valence-corrected chi connectivity index (χ2v) is 6.34. The summed E-state index contributed by atoms with van der Waals surface area (Å²) in [6.45, 7) is 4.84. The number of hydrogen-bond acceptors (Lipinski definition) is 3. The summed E-state index contributed by atoms with van der Waals surface area (Å²) in [5.41, 5.74) is 2.25. The molecule has 2 aromatic carbocycles. The second-order valence-electron chi connectivity index (χ2n) is 6.34. The van der Waals surface area contributed by atoms with E-state index in [0.29, 0.717) is 23.8 Å². The van der Waals surface area contributed by atoms with Crippen molar-refractivity contribution in [1.82, 2.24) is 0 Å². The maximum absolute atomic E-state index is 12.1. The maximum Gasteiger partial charge on any atom is 0.307 e. The number of carbonyl (C=O) groups is 2. The fourth-order valence-electron chi connectivity index (χ4n) is 2.24. The van der Waals surface area contributed by atoms with Crippen LogP contribution in [0.15, 0.2) is 48.5 Å². The van der Waals surface area contributed by atoms with Crippen molar-refractivity contribution in [2.45, 2.75) is 26.7 Å². The third kappa shape index (κ3) is 6.67. The van der Waals surface area contributed by atoms with Gasteiger partial charge in [0.25, 0.3) is 0 Å². The molecule has 0 bridgehead atoms. The van der Waals surface area contributed by atoms with Crippen LogP contribution in [0.2, 0.25) is 0 Å². The van der Waals surface area contributed by atoms with Crippen LogP contribution < -0.4 is 10.1 Å². The first-order valence-electron chi connectivity index (χ1n) is 8.24. The average Bonchev–Trinajstić information content (AvgIpc) is 2.55. The number of ether oxygens (including phenoxy) is 1. The van der Waals surface area contributed by atoms with E-state index in [1.54, 1.807) is 24.3 Å². The Kier molecular flexibility index (Phi) is 6.57. The van der Waals surface area contributed by atoms with E-state index in [2.05, 4.69) is 19.2 Å². The largest absolute Gasteiger partial charge is 0.493 e. The molecule has 5 heteroatoms. The molecule has 2 aromatic rings. The Hall–Kier alpha value is -2.82. The van der Waals surface area contributed by atoms with Crippen molar-refractivity contribution in [3.8, 4) is 5.75 Å². The van der Waals surface area contributed by atoms with Gasteiger partial charge in [0.15, 0.2) is 0 Å². The number of anilines is 1. The SMILES string of the molecule is CC(C)COc1ccc(CC(=O)Nc2ccc(CC(=O)O)cc2)cc1. The molecular formula is C20H23NO4. The van der Waals surface area contributed by atoms with E-state index in [9.17, 15) is 9.59 Å². The topological polar surface area (TPSA) is 75.6 Å². The Labute approximate surface area is 147 Å². The predicted octanol–water partition coefficient (Wildman–Crippen LogP) is 3.53. The van der Waals surface area contributed by atoms with Gasteiger partial charge in [0.05, 0.1) is 19.4 Å². The van der Waals surface area contributed by atoms with Gasteiger partial charge in [-0.3, -0.25) is 9.59 Å². The quantitative estimate of drug-likeness (QED) is 0.770. The second kappa shape index (κ2) is 8.87. The van der Waals surface area contributed by atoms with Crippen molar-refractivity contribution in [1.29, 1.82) is 0 Å². The highest BCUT2D eigenvalue weighted by Crippen LogP contribution is 2.15. The van der Waals surface area contributed by atoms with Crippen LogP contribution in [0.4, 0.5) is 5.69 Å². The molecule has 0 heterocycles. The van der Waals surface area contributed by atoms with E-state index in [4.69, 9.17) is 9.84 Å². The molecule has 0 saturated heterocycles. The van der Waals surface area contributed by atoms with Gasteiger partial charge in [0.2, 0.25) is 5.91 Å². The Morgan fingerprint density at radius 1 is 0.960 bits per heavy atom. The van der Waals surface area contributed by atoms with Crippen molar-refractivity contribution < 1.29 is 19.4 Å². The lowest BCUT2D eigenvalue weighted by Crippen LogP contribution is -2.14. The molecule has 0 aliphatic rings. The van der Waals surface area contributed by atoms with Crippen molar-refractivity contribution in [3.63, 3.8) is 0 Å². The number of rotatable bonds is 8. The molecule has 0 atom stereocenters. The molecular weight excluding hydrogens is 318 g/mol. The number of hydrogen-bond donors (Lipinski definition) is 2. The van der Waals surface area contributed by atoms with E-state index < -0.39 is 5.97 Å². The molecule has 0 radical (unpaired) electrons. The molecule has 0 aromatic heterocycles. The minimum atomic E-state index is -0.877. The van der Waals surface area contributed by atoms with Gasteiger partial charge in [-0.2, -0.15) is 0 Å². The molecule has 0 aliphatic carbocycles. The van der Waals surface area contributed by atoms with Crippen LogP contribution in [0, 0.1) is 5.92 Å². The zero-order valence-electron chi connectivity index (χ0n) is 14.5. The summed E-state index contributed by atoms with van der Waals surface area (Å²) in [6.07, 6.45) is 0.237. The maximum atomic E-state index is 12.1. The van der Waals surface area contributed by atoms with Gasteiger partial charge in [-0.25, -0.2) is 0 Å². The first kappa shape index (κ1) is 18.5. The zero-order valence-corrected chi connectivity index (χ0v) is 14.5. The number of aliphatic carboxylic acids is 1. The summed E-state index contributed by atoms with van der Waals surface area (Å²) in [5.74, 6) is 0.263. The van der Waals surface area contributed by atoms with Gasteiger partial charge in [-0.1, -0.05) is 38.1 Å². The summed E-state index contributed by atoms with van der Waals surface area (Å²) < 4.78 is 5.62. The van der Waals surface area contributed by atoms with Gasteiger partial charge < -0.3 is 15.2 Å². The van der Waals surface area contributed by atoms with Crippen molar-refractivity contribution >= 4 is 17.6 Å². The van der Waals surface area contributed by atoms with Crippen LogP contribution in [-0.4, -0.2) is 23.6 Å². The van der Waals surface area contributed by atoms with Crippen LogP contribution in [0.1, 0.15) is 25.0 Å². The van der Waals surface area contributed by atoms with Crippen LogP contribution in [-0.2, 0) is 22.4 Å². The van der Waals surface area contributed by atoms with Crippen LogP contribution in [0.25, 0.3) is 0 Å². The van der Waals surface area contributed by atoms with Crippen molar-refractivity contribution in [3.05, 3.63) is 59.7 Å². The summed E-state index contributed by atoms with van der Waals surface area (Å²) in [7, 11) is 0. The summed E-state index contributed by atoms with van der Waals surface area (Å²) >= 11 is 0. The molecule has 0 fully saturated rings. The number of amides is 1. The monoisotopic (exact) mass is 341 g/mol. The van der Waals surface area contributed by atoms with Crippen LogP contribution >= 0.6 is 0 Å². The predicted molar refractivity (Wildman–Crippen MR) is 96.9 cm³/mol. The molecule has 25 heavy (non-hydrogen) atoms. The normalized spacial score (nSPS) is 10.5. The lowest BCUT2D eigenvalue weighted by Gasteiger charge is -2.09. The van der Waals surface area contributed by atoms with Gasteiger partial charge in [0.1, 0.15) is 5.75 Å². The van der Waals surface area contributed by atoms with E-state index in [-0.39, 0.29) is 18.7 Å². The van der Waals surface area contributed by atoms with Gasteiger partial charge in [-0.05, 0) is 41.3 Å². The summed E-state index contributed by atoms with van der Waals surface area (Å²) in [4.78, 5) is 22.8. The van der Waals surface area contributed by atoms with Crippen LogP contribution in [0.3, 0.4) is 0 Å². The van der Waals surface area contributed by atoms with E-state index in [1.807, 2.05) is 24.3 Å². The lowest BCUT2D eigenvalue weighted by molar-refractivity contribution is -0.136. The van der Waals surface area contributed by atoms with Crippen molar-refractivity contribution in [2.24, 2.45) is 5.92 Å². The Morgan fingerprint density at radius 2 is 1.52 bits per heavy atom. The minimum absolute atomic E-state index is 0.0283. The molecule has 0 aliphatic heterocycles. The Balaban J connectivity index is 1.86. The molecule has 2 rings (SSSR count). The average molecular weight is 341 g/mol. The lowest BCUT2D eigenvalue weighted by atomic mass is 10.1. The molecule has 1 amide bonds. The zero-order chi connectivity index (χ0) is 18.2. The van der Waals surface area contributed by atoms with Crippen molar-refractivity contribution in [2.75, 3.05) is 11.9 Å². The summed E-state index contributed by atoms with van der Waals surface area (Å²) in [6, 6.07) is 14.3. The van der Waals surface area contributed by atoms with Gasteiger partial charge in [-0.15, -0.1) is 0 Å². The number of carboxylic acids is 1. The molecule has 0 spiro atoms. The highest BCUT2D eigenvalue weighted by Gasteiger charge is 2.06. The Morgan fingerprint density at radius 3 is 2.08 bits per heavy atom. The molecule has 132 valence electrons. The third-order valence-electron chi connectivity index (χ3n) is 3.46. The number of carboxylic acid groups (broad SMARTS) is 1. The number of benzene rings is 2. The molecule has 0 saturated carbocycles. The van der Waals surface area contributed by atoms with Crippen LogP contribution in [0.5, 0.6) is 5.75 Å². The fraction of sp³-hybridized carbons (Fsp3) is 0.300. The number of nitrogens with one attached hydrogen (secondary N) is 1. The highest BCUT2D eigenvalue weighted by atomic mass is 16.5. The molecule has 0 unspecified atom stereocenters. The van der Waals surface area contributed by atoms with E-state index in [1.165, 1.54) is 0 Å². The van der Waals surface area contributed by atoms with Gasteiger partial charge >= 0.3 is 5.97 Å². The standard InChI is InChI=1S/C20H23NO4/c1-14(2)13-25-18-9-5-15(6-10-18)11-19(22)21-17-7-3-16(4-8-17)12-20(23)24/h3-10,14H,11-13H2,1-2H3,(H,21,22)(H,23,24). The highest BCUT2D eigenvalue weighted by molar-refractivity contribution is 5.92.